The fourth-order valence-corrected chi connectivity index (χ4v) is 3.95. The molecule has 0 spiro atoms. The van der Waals surface area contributed by atoms with Gasteiger partial charge >= 0.3 is 5.69 Å². The number of unbranched alkanes of at least 4 members (excludes halogenated alkanes) is 12. The van der Waals surface area contributed by atoms with Gasteiger partial charge in [0.05, 0.1) is 0 Å². The zero-order chi connectivity index (χ0) is 21.9. The summed E-state index contributed by atoms with van der Waals surface area (Å²) < 4.78 is 3.61. The molecule has 0 bridgehead atoms. The van der Waals surface area contributed by atoms with Crippen LogP contribution in [0.5, 0.6) is 0 Å². The third-order valence-electron chi connectivity index (χ3n) is 5.91. The predicted octanol–water partition coefficient (Wildman–Crippen LogP) is 4.56. The monoisotopic (exact) mass is 418 g/mol. The van der Waals surface area contributed by atoms with E-state index in [0.717, 1.165) is 23.8 Å². The van der Waals surface area contributed by atoms with Crippen LogP contribution in [-0.4, -0.2) is 24.6 Å². The van der Waals surface area contributed by atoms with E-state index < -0.39 is 11.2 Å². The molecule has 0 aliphatic rings. The third-order valence-corrected chi connectivity index (χ3v) is 5.91. The van der Waals surface area contributed by atoms with Crippen molar-refractivity contribution in [2.45, 2.75) is 96.8 Å². The Morgan fingerprint density at radius 3 is 1.83 bits per heavy atom. The zero-order valence-electron chi connectivity index (χ0n) is 19.0. The van der Waals surface area contributed by atoms with Crippen molar-refractivity contribution < 1.29 is 4.79 Å². The SMILES string of the molecule is CCCCCCCCCCCCCCCC(=O)n1cnc2c1c(=O)n(C)c(=O)n2C. The number of rotatable bonds is 14. The van der Waals surface area contributed by atoms with Crippen molar-refractivity contribution in [1.82, 2.24) is 18.7 Å². The van der Waals surface area contributed by atoms with Gasteiger partial charge in [-0.05, 0) is 6.42 Å². The number of fused-ring (bicyclic) bond motifs is 1. The largest absolute Gasteiger partial charge is 0.332 e. The molecule has 7 nitrogen and oxygen atoms in total. The fraction of sp³-hybridized carbons (Fsp3) is 0.739. The van der Waals surface area contributed by atoms with Crippen LogP contribution in [0.25, 0.3) is 11.2 Å². The first kappa shape index (κ1) is 24.1. The predicted molar refractivity (Wildman–Crippen MR) is 121 cm³/mol. The maximum atomic E-state index is 12.6. The van der Waals surface area contributed by atoms with Gasteiger partial charge in [-0.2, -0.15) is 0 Å². The summed E-state index contributed by atoms with van der Waals surface area (Å²) in [6.07, 6.45) is 18.1. The molecule has 0 amide bonds. The highest BCUT2D eigenvalue weighted by atomic mass is 16.2. The number of aryl methyl sites for hydroxylation is 1. The molecular weight excluding hydrogens is 380 g/mol. The van der Waals surface area contributed by atoms with E-state index in [0.29, 0.717) is 6.42 Å². The molecule has 2 aromatic rings. The fourth-order valence-electron chi connectivity index (χ4n) is 3.95. The van der Waals surface area contributed by atoms with Gasteiger partial charge in [-0.1, -0.05) is 84.0 Å². The van der Waals surface area contributed by atoms with Crippen molar-refractivity contribution in [3.05, 3.63) is 27.2 Å². The van der Waals surface area contributed by atoms with Crippen LogP contribution in [0.4, 0.5) is 0 Å². The standard InChI is InChI=1S/C23H38N4O3/c1-4-5-6-7-8-9-10-11-12-13-14-15-16-17-19(28)27-18-24-21-20(27)22(29)26(3)23(30)25(21)2/h18H,4-17H2,1-3H3. The van der Waals surface area contributed by atoms with Gasteiger partial charge in [0.1, 0.15) is 6.33 Å². The molecule has 30 heavy (non-hydrogen) atoms. The van der Waals surface area contributed by atoms with Crippen LogP contribution in [0.15, 0.2) is 15.9 Å². The van der Waals surface area contributed by atoms with E-state index in [-0.39, 0.29) is 17.1 Å². The summed E-state index contributed by atoms with van der Waals surface area (Å²) in [6, 6.07) is 0. The van der Waals surface area contributed by atoms with Crippen LogP contribution in [-0.2, 0) is 14.1 Å². The van der Waals surface area contributed by atoms with E-state index in [1.807, 2.05) is 0 Å². The van der Waals surface area contributed by atoms with Crippen molar-refractivity contribution in [2.24, 2.45) is 14.1 Å². The summed E-state index contributed by atoms with van der Waals surface area (Å²) in [7, 11) is 2.97. The van der Waals surface area contributed by atoms with Crippen molar-refractivity contribution in [2.75, 3.05) is 0 Å². The number of hydrogen-bond donors (Lipinski definition) is 0. The Kier molecular flexibility index (Phi) is 10.0. The molecule has 2 aromatic heterocycles. The Morgan fingerprint density at radius 2 is 1.30 bits per heavy atom. The summed E-state index contributed by atoms with van der Waals surface area (Å²) in [5, 5.41) is 0. The van der Waals surface area contributed by atoms with Crippen LogP contribution in [0.3, 0.4) is 0 Å². The van der Waals surface area contributed by atoms with Crippen LogP contribution < -0.4 is 11.2 Å². The van der Waals surface area contributed by atoms with Crippen LogP contribution in [0.2, 0.25) is 0 Å². The van der Waals surface area contributed by atoms with E-state index in [9.17, 15) is 14.4 Å². The lowest BCUT2D eigenvalue weighted by Crippen LogP contribution is -2.38. The van der Waals surface area contributed by atoms with Crippen LogP contribution in [0, 0.1) is 0 Å². The van der Waals surface area contributed by atoms with E-state index in [4.69, 9.17) is 0 Å². The van der Waals surface area contributed by atoms with Crippen molar-refractivity contribution in [1.29, 1.82) is 0 Å². The molecule has 0 aliphatic carbocycles. The smallest absolute Gasteiger partial charge is 0.279 e. The number of imidazole rings is 1. The molecule has 0 N–H and O–H groups in total. The highest BCUT2D eigenvalue weighted by molar-refractivity contribution is 5.88. The molecular formula is C23H38N4O3. The third kappa shape index (κ3) is 6.41. The van der Waals surface area contributed by atoms with Gasteiger partial charge < -0.3 is 0 Å². The second-order valence-corrected chi connectivity index (χ2v) is 8.38. The first-order chi connectivity index (χ1) is 14.5. The quantitative estimate of drug-likeness (QED) is 0.421. The lowest BCUT2D eigenvalue weighted by molar-refractivity contribution is 0.0903. The second kappa shape index (κ2) is 12.5. The maximum Gasteiger partial charge on any atom is 0.332 e. The molecule has 0 saturated carbocycles. The summed E-state index contributed by atoms with van der Waals surface area (Å²) in [5.74, 6) is -0.142. The van der Waals surface area contributed by atoms with Crippen LogP contribution >= 0.6 is 0 Å². The molecule has 0 atom stereocenters. The highest BCUT2D eigenvalue weighted by Crippen LogP contribution is 2.14. The van der Waals surface area contributed by atoms with Crippen LogP contribution in [0.1, 0.15) is 102 Å². The molecule has 0 aliphatic heterocycles. The lowest BCUT2D eigenvalue weighted by atomic mass is 10.0. The molecule has 2 heterocycles. The van der Waals surface area contributed by atoms with Gasteiger partial charge in [-0.15, -0.1) is 0 Å². The summed E-state index contributed by atoms with van der Waals surface area (Å²) >= 11 is 0. The van der Waals surface area contributed by atoms with E-state index >= 15 is 0 Å². The topological polar surface area (TPSA) is 78.9 Å². The normalized spacial score (nSPS) is 11.4. The minimum atomic E-state index is -0.482. The minimum absolute atomic E-state index is 0.142. The number of carbonyl (C=O) groups excluding carboxylic acids is 1. The number of aromatic nitrogens is 4. The molecule has 7 heteroatoms. The van der Waals surface area contributed by atoms with Gasteiger partial charge in [-0.3, -0.25) is 23.3 Å². The average molecular weight is 419 g/mol. The summed E-state index contributed by atoms with van der Waals surface area (Å²) in [6.45, 7) is 2.25. The van der Waals surface area contributed by atoms with Gasteiger partial charge in [-0.25, -0.2) is 9.78 Å². The Balaban J connectivity index is 1.66. The minimum Gasteiger partial charge on any atom is -0.279 e. The Morgan fingerprint density at radius 1 is 0.800 bits per heavy atom. The molecule has 0 fully saturated rings. The van der Waals surface area contributed by atoms with Crippen molar-refractivity contribution in [3.63, 3.8) is 0 Å². The van der Waals surface area contributed by atoms with Gasteiger partial charge in [0.25, 0.3) is 5.56 Å². The highest BCUT2D eigenvalue weighted by Gasteiger charge is 2.17. The number of nitrogens with zero attached hydrogens (tertiary/aromatic N) is 4. The Labute approximate surface area is 179 Å². The maximum absolute atomic E-state index is 12.6. The number of hydrogen-bond acceptors (Lipinski definition) is 4. The summed E-state index contributed by atoms with van der Waals surface area (Å²) in [4.78, 5) is 41.1. The molecule has 0 unspecified atom stereocenters. The van der Waals surface area contributed by atoms with E-state index in [1.54, 1.807) is 7.05 Å². The Hall–Kier alpha value is -2.18. The number of carbonyl (C=O) groups is 1. The molecule has 168 valence electrons. The van der Waals surface area contributed by atoms with E-state index in [1.165, 1.54) is 86.7 Å². The Bertz CT molecular complexity index is 923. The molecule has 0 saturated heterocycles. The first-order valence-electron chi connectivity index (χ1n) is 11.6. The van der Waals surface area contributed by atoms with Crippen molar-refractivity contribution in [3.8, 4) is 0 Å². The lowest BCUT2D eigenvalue weighted by Gasteiger charge is -2.06. The molecule has 0 radical (unpaired) electrons. The van der Waals surface area contributed by atoms with Gasteiger partial charge in [0, 0.05) is 20.5 Å². The average Bonchev–Trinajstić information content (AvgIpc) is 3.19. The van der Waals surface area contributed by atoms with Gasteiger partial charge in [0.2, 0.25) is 5.91 Å². The van der Waals surface area contributed by atoms with E-state index in [2.05, 4.69) is 11.9 Å². The van der Waals surface area contributed by atoms with Crippen molar-refractivity contribution >= 4 is 17.1 Å². The molecule has 0 aromatic carbocycles. The first-order valence-corrected chi connectivity index (χ1v) is 11.6. The second-order valence-electron chi connectivity index (χ2n) is 8.38. The summed E-state index contributed by atoms with van der Waals surface area (Å²) in [5.41, 5.74) is -0.493. The zero-order valence-corrected chi connectivity index (χ0v) is 19.0. The van der Waals surface area contributed by atoms with Gasteiger partial charge in [0.15, 0.2) is 11.2 Å². The molecule has 2 rings (SSSR count).